The van der Waals surface area contributed by atoms with Gasteiger partial charge in [-0.25, -0.2) is 4.79 Å². The van der Waals surface area contributed by atoms with Crippen molar-refractivity contribution in [2.75, 3.05) is 41.0 Å². The summed E-state index contributed by atoms with van der Waals surface area (Å²) >= 11 is 0. The predicted molar refractivity (Wildman–Crippen MR) is 261 cm³/mol. The minimum Gasteiger partial charge on any atom is -0.477 e. The molecule has 0 rings (SSSR count). The molecule has 0 saturated heterocycles. The van der Waals surface area contributed by atoms with E-state index in [4.69, 9.17) is 14.2 Å². The van der Waals surface area contributed by atoms with Gasteiger partial charge in [-0.1, -0.05) is 184 Å². The van der Waals surface area contributed by atoms with Crippen LogP contribution < -0.4 is 0 Å². The van der Waals surface area contributed by atoms with Crippen LogP contribution in [0.25, 0.3) is 0 Å². The van der Waals surface area contributed by atoms with E-state index in [1.165, 1.54) is 103 Å². The van der Waals surface area contributed by atoms with E-state index in [0.29, 0.717) is 19.3 Å². The normalized spacial score (nSPS) is 13.4. The van der Waals surface area contributed by atoms with E-state index in [9.17, 15) is 19.5 Å². The number of aliphatic carboxylic acids is 1. The predicted octanol–water partition coefficient (Wildman–Crippen LogP) is 14.5. The van der Waals surface area contributed by atoms with Gasteiger partial charge in [-0.15, -0.1) is 0 Å². The standard InChI is InChI=1S/C54H95NO7/c1-6-8-10-12-14-16-18-20-22-23-24-25-26-27-28-29-31-32-34-36-38-40-42-44-52(56)61-49-50(48-60-47-46-51(54(58)59)55(3,4)5)62-53(57)45-43-41-39-37-35-33-30-21-19-17-15-13-11-9-7-2/h8,10,14-17,19-22,50-51H,6-7,9,11-13,18,23-49H2,1-5H3/p+1/b10-8+,16-14+,17-15+,21-19+,22-20+. The average Bonchev–Trinajstić information content (AvgIpc) is 3.23. The molecule has 0 amide bonds. The second kappa shape index (κ2) is 44.6. The highest BCUT2D eigenvalue weighted by Gasteiger charge is 2.31. The van der Waals surface area contributed by atoms with Crippen molar-refractivity contribution in [3.63, 3.8) is 0 Å². The van der Waals surface area contributed by atoms with Gasteiger partial charge in [0.1, 0.15) is 6.61 Å². The van der Waals surface area contributed by atoms with Crippen LogP contribution in [0.4, 0.5) is 0 Å². The number of esters is 2. The average molecular weight is 871 g/mol. The molecule has 0 aromatic rings. The molecule has 0 aliphatic carbocycles. The summed E-state index contributed by atoms with van der Waals surface area (Å²) in [6.07, 6.45) is 55.5. The van der Waals surface area contributed by atoms with Gasteiger partial charge >= 0.3 is 17.9 Å². The summed E-state index contributed by atoms with van der Waals surface area (Å²) in [5.74, 6) is -1.48. The molecule has 2 unspecified atom stereocenters. The van der Waals surface area contributed by atoms with E-state index in [2.05, 4.69) is 74.6 Å². The van der Waals surface area contributed by atoms with Crippen molar-refractivity contribution < 1.29 is 38.2 Å². The molecule has 0 fully saturated rings. The number of likely N-dealkylation sites (N-methyl/N-ethyl adjacent to an activating group) is 1. The van der Waals surface area contributed by atoms with Crippen LogP contribution >= 0.6 is 0 Å². The second-order valence-electron chi connectivity index (χ2n) is 18.1. The van der Waals surface area contributed by atoms with Crippen LogP contribution in [0.5, 0.6) is 0 Å². The number of quaternary nitrogens is 1. The van der Waals surface area contributed by atoms with E-state index in [1.54, 1.807) is 0 Å². The molecule has 0 aromatic carbocycles. The summed E-state index contributed by atoms with van der Waals surface area (Å²) in [6.45, 7) is 4.60. The van der Waals surface area contributed by atoms with Crippen LogP contribution in [-0.4, -0.2) is 80.6 Å². The molecular formula is C54H96NO7+. The highest BCUT2D eigenvalue weighted by Crippen LogP contribution is 2.15. The second-order valence-corrected chi connectivity index (χ2v) is 18.1. The Balaban J connectivity index is 4.21. The SMILES string of the molecule is CC/C=C/C/C=C/C/C=C/CCCCCCCCCCCCCCCC(=O)OCC(COCCC(C(=O)O)[N+](C)(C)C)OC(=O)CCCCCCCC/C=C/C=C/CCCCC. The smallest absolute Gasteiger partial charge is 0.362 e. The first kappa shape index (κ1) is 59.0. The van der Waals surface area contributed by atoms with Crippen molar-refractivity contribution in [2.24, 2.45) is 0 Å². The summed E-state index contributed by atoms with van der Waals surface area (Å²) in [5, 5.41) is 9.65. The lowest BCUT2D eigenvalue weighted by Gasteiger charge is -2.31. The molecule has 0 radical (unpaired) electrons. The third-order valence-electron chi connectivity index (χ3n) is 11.2. The van der Waals surface area contributed by atoms with Gasteiger partial charge in [0.2, 0.25) is 0 Å². The Bertz CT molecular complexity index is 1200. The first-order valence-electron chi connectivity index (χ1n) is 25.3. The third kappa shape index (κ3) is 42.3. The van der Waals surface area contributed by atoms with Gasteiger partial charge in [-0.3, -0.25) is 9.59 Å². The number of carboxylic acids is 1. The van der Waals surface area contributed by atoms with Crippen molar-refractivity contribution in [2.45, 2.75) is 225 Å². The monoisotopic (exact) mass is 871 g/mol. The number of hydrogen-bond acceptors (Lipinski definition) is 6. The van der Waals surface area contributed by atoms with Crippen LogP contribution in [0, 0.1) is 0 Å². The summed E-state index contributed by atoms with van der Waals surface area (Å²) < 4.78 is 17.3. The van der Waals surface area contributed by atoms with E-state index >= 15 is 0 Å². The molecule has 1 N–H and O–H groups in total. The maximum absolute atomic E-state index is 12.8. The van der Waals surface area contributed by atoms with E-state index in [0.717, 1.165) is 77.0 Å². The molecule has 0 aromatic heterocycles. The summed E-state index contributed by atoms with van der Waals surface area (Å²) in [7, 11) is 5.53. The topological polar surface area (TPSA) is 99.1 Å². The maximum Gasteiger partial charge on any atom is 0.362 e. The fourth-order valence-corrected chi connectivity index (χ4v) is 7.27. The fraction of sp³-hybridized carbons (Fsp3) is 0.759. The van der Waals surface area contributed by atoms with Crippen molar-refractivity contribution in [1.29, 1.82) is 0 Å². The number of rotatable bonds is 45. The Morgan fingerprint density at radius 1 is 0.516 bits per heavy atom. The van der Waals surface area contributed by atoms with E-state index < -0.39 is 18.1 Å². The first-order chi connectivity index (χ1) is 30.1. The van der Waals surface area contributed by atoms with Crippen molar-refractivity contribution in [3.05, 3.63) is 60.8 Å². The Hall–Kier alpha value is -2.97. The molecule has 8 heteroatoms. The van der Waals surface area contributed by atoms with Gasteiger partial charge in [0, 0.05) is 19.3 Å². The zero-order chi connectivity index (χ0) is 45.6. The Labute approximate surface area is 381 Å². The number of ether oxygens (including phenoxy) is 3. The molecule has 62 heavy (non-hydrogen) atoms. The van der Waals surface area contributed by atoms with Gasteiger partial charge in [0.05, 0.1) is 34.4 Å². The third-order valence-corrected chi connectivity index (χ3v) is 11.2. The van der Waals surface area contributed by atoms with Gasteiger partial charge in [0.15, 0.2) is 12.1 Å². The number of carboxylic acid groups (broad SMARTS) is 1. The number of hydrogen-bond donors (Lipinski definition) is 1. The molecular weight excluding hydrogens is 775 g/mol. The molecule has 2 atom stereocenters. The van der Waals surface area contributed by atoms with Gasteiger partial charge in [-0.05, 0) is 70.6 Å². The van der Waals surface area contributed by atoms with Crippen LogP contribution in [0.15, 0.2) is 60.8 Å². The zero-order valence-corrected chi connectivity index (χ0v) is 40.8. The number of carbonyl (C=O) groups is 3. The quantitative estimate of drug-likeness (QED) is 0.0214. The van der Waals surface area contributed by atoms with Crippen molar-refractivity contribution >= 4 is 17.9 Å². The summed E-state index contributed by atoms with van der Waals surface area (Å²) in [6, 6.07) is -0.618. The Morgan fingerprint density at radius 2 is 0.952 bits per heavy atom. The van der Waals surface area contributed by atoms with E-state index in [1.807, 2.05) is 21.1 Å². The number of carbonyl (C=O) groups excluding carboxylic acids is 2. The van der Waals surface area contributed by atoms with Crippen molar-refractivity contribution in [1.82, 2.24) is 0 Å². The molecule has 0 bridgehead atoms. The molecule has 0 spiro atoms. The summed E-state index contributed by atoms with van der Waals surface area (Å²) in [4.78, 5) is 37.1. The van der Waals surface area contributed by atoms with Crippen molar-refractivity contribution in [3.8, 4) is 0 Å². The lowest BCUT2D eigenvalue weighted by Crippen LogP contribution is -2.50. The maximum atomic E-state index is 12.8. The van der Waals surface area contributed by atoms with Crippen LogP contribution in [0.1, 0.15) is 213 Å². The van der Waals surface area contributed by atoms with Crippen LogP contribution in [0.3, 0.4) is 0 Å². The molecule has 0 heterocycles. The van der Waals surface area contributed by atoms with Crippen LogP contribution in [-0.2, 0) is 28.6 Å². The molecule has 358 valence electrons. The van der Waals surface area contributed by atoms with Gasteiger partial charge < -0.3 is 23.8 Å². The molecule has 0 aliphatic heterocycles. The largest absolute Gasteiger partial charge is 0.477 e. The molecule has 8 nitrogen and oxygen atoms in total. The number of allylic oxidation sites excluding steroid dienone is 10. The molecule has 0 saturated carbocycles. The number of unbranched alkanes of at least 4 members (excludes halogenated alkanes) is 22. The zero-order valence-electron chi connectivity index (χ0n) is 40.8. The Kier molecular flexibility index (Phi) is 42.5. The summed E-state index contributed by atoms with van der Waals surface area (Å²) in [5.41, 5.74) is 0. The van der Waals surface area contributed by atoms with Crippen LogP contribution in [0.2, 0.25) is 0 Å². The minimum absolute atomic E-state index is 0.0554. The number of nitrogens with zero attached hydrogens (tertiary/aromatic N) is 1. The highest BCUT2D eigenvalue weighted by atomic mass is 16.6. The first-order valence-corrected chi connectivity index (χ1v) is 25.3. The van der Waals surface area contributed by atoms with E-state index in [-0.39, 0.29) is 36.2 Å². The fourth-order valence-electron chi connectivity index (χ4n) is 7.27. The Morgan fingerprint density at radius 3 is 1.44 bits per heavy atom. The van der Waals surface area contributed by atoms with Gasteiger partial charge in [-0.2, -0.15) is 0 Å². The highest BCUT2D eigenvalue weighted by molar-refractivity contribution is 5.72. The molecule has 0 aliphatic rings. The lowest BCUT2D eigenvalue weighted by atomic mass is 10.0. The minimum atomic E-state index is -0.877. The lowest BCUT2D eigenvalue weighted by molar-refractivity contribution is -0.887. The van der Waals surface area contributed by atoms with Gasteiger partial charge in [0.25, 0.3) is 0 Å².